The molecule has 126 valence electrons. The monoisotopic (exact) mass is 321 g/mol. The number of esters is 1. The molecule has 0 aliphatic carbocycles. The fraction of sp³-hybridized carbons (Fsp3) is 0.529. The molecule has 1 aromatic carbocycles. The molecule has 0 radical (unpaired) electrons. The number of aliphatic hydroxyl groups is 1. The Labute approximate surface area is 135 Å². The molecule has 1 aliphatic heterocycles. The van der Waals surface area contributed by atoms with Crippen molar-refractivity contribution in [1.82, 2.24) is 4.90 Å². The van der Waals surface area contributed by atoms with E-state index in [1.807, 2.05) is 6.92 Å². The van der Waals surface area contributed by atoms with Crippen LogP contribution in [0, 0.1) is 5.92 Å². The summed E-state index contributed by atoms with van der Waals surface area (Å²) in [4.78, 5) is 25.8. The maximum absolute atomic E-state index is 12.3. The number of phenolic OH excluding ortho intramolecular Hbond substituents is 1. The molecular formula is C17H23NO5. The molecule has 0 unspecified atom stereocenters. The first-order valence-corrected chi connectivity index (χ1v) is 7.83. The first-order valence-electron chi connectivity index (χ1n) is 7.83. The van der Waals surface area contributed by atoms with Crippen molar-refractivity contribution in [3.63, 3.8) is 0 Å². The van der Waals surface area contributed by atoms with Gasteiger partial charge in [-0.1, -0.05) is 25.5 Å². The average Bonchev–Trinajstić information content (AvgIpc) is 2.78. The molecule has 6 nitrogen and oxygen atoms in total. The van der Waals surface area contributed by atoms with E-state index in [9.17, 15) is 19.8 Å². The lowest BCUT2D eigenvalue weighted by Gasteiger charge is -2.26. The third-order valence-corrected chi connectivity index (χ3v) is 4.33. The molecule has 1 saturated heterocycles. The number of rotatable bonds is 6. The Hall–Kier alpha value is -2.08. The van der Waals surface area contributed by atoms with Gasteiger partial charge >= 0.3 is 5.97 Å². The predicted molar refractivity (Wildman–Crippen MR) is 83.7 cm³/mol. The number of amides is 1. The summed E-state index contributed by atoms with van der Waals surface area (Å²) in [5.41, 5.74) is 0.974. The van der Waals surface area contributed by atoms with Crippen LogP contribution in [0.15, 0.2) is 24.3 Å². The number of aliphatic hydroxyl groups excluding tert-OH is 1. The molecule has 0 spiro atoms. The molecule has 3 atom stereocenters. The van der Waals surface area contributed by atoms with Gasteiger partial charge in [0.1, 0.15) is 17.8 Å². The van der Waals surface area contributed by atoms with E-state index in [1.165, 1.54) is 7.11 Å². The van der Waals surface area contributed by atoms with Gasteiger partial charge in [-0.25, -0.2) is 0 Å². The predicted octanol–water partition coefficient (Wildman–Crippen LogP) is 1.10. The van der Waals surface area contributed by atoms with Crippen molar-refractivity contribution < 1.29 is 24.5 Å². The number of carbonyl (C=O) groups excluding carboxylic acids is 2. The third kappa shape index (κ3) is 3.64. The highest BCUT2D eigenvalue weighted by molar-refractivity contribution is 5.91. The molecule has 6 heteroatoms. The second kappa shape index (κ2) is 7.46. The standard InChI is InChI=1S/C17H23NO5/c1-3-4-13-14(17(22)23-2)15(20)16(21)18(13)10-9-11-5-7-12(19)8-6-11/h5-8,13-15,19-20H,3-4,9-10H2,1-2H3/t13-,14+,15+/m0/s1. The molecule has 1 aromatic rings. The Bertz CT molecular complexity index is 557. The van der Waals surface area contributed by atoms with Gasteiger partial charge < -0.3 is 19.8 Å². The minimum absolute atomic E-state index is 0.191. The second-order valence-corrected chi connectivity index (χ2v) is 5.80. The zero-order valence-corrected chi connectivity index (χ0v) is 13.4. The lowest BCUT2D eigenvalue weighted by atomic mass is 9.94. The minimum atomic E-state index is -1.33. The van der Waals surface area contributed by atoms with Crippen LogP contribution in [0.1, 0.15) is 25.3 Å². The van der Waals surface area contributed by atoms with Gasteiger partial charge in [-0.3, -0.25) is 9.59 Å². The number of benzene rings is 1. The highest BCUT2D eigenvalue weighted by Gasteiger charge is 2.50. The van der Waals surface area contributed by atoms with E-state index < -0.39 is 23.9 Å². The van der Waals surface area contributed by atoms with Crippen molar-refractivity contribution >= 4 is 11.9 Å². The van der Waals surface area contributed by atoms with Gasteiger partial charge in [0, 0.05) is 12.6 Å². The van der Waals surface area contributed by atoms with Gasteiger partial charge in [-0.15, -0.1) is 0 Å². The highest BCUT2D eigenvalue weighted by Crippen LogP contribution is 2.30. The van der Waals surface area contributed by atoms with Crippen LogP contribution in [-0.2, 0) is 20.7 Å². The van der Waals surface area contributed by atoms with Gasteiger partial charge in [0.15, 0.2) is 0 Å². The Morgan fingerprint density at radius 1 is 1.30 bits per heavy atom. The maximum Gasteiger partial charge on any atom is 0.313 e. The van der Waals surface area contributed by atoms with Crippen LogP contribution < -0.4 is 0 Å². The van der Waals surface area contributed by atoms with Crippen LogP contribution in [0.2, 0.25) is 0 Å². The van der Waals surface area contributed by atoms with Crippen molar-refractivity contribution in [1.29, 1.82) is 0 Å². The van der Waals surface area contributed by atoms with Gasteiger partial charge in [0.25, 0.3) is 5.91 Å². The van der Waals surface area contributed by atoms with Crippen molar-refractivity contribution in [3.8, 4) is 5.75 Å². The lowest BCUT2D eigenvalue weighted by Crippen LogP contribution is -2.38. The van der Waals surface area contributed by atoms with Crippen molar-refractivity contribution in [3.05, 3.63) is 29.8 Å². The van der Waals surface area contributed by atoms with Gasteiger partial charge in [0.2, 0.25) is 0 Å². The molecule has 0 aromatic heterocycles. The van der Waals surface area contributed by atoms with Gasteiger partial charge in [-0.2, -0.15) is 0 Å². The molecule has 0 bridgehead atoms. The maximum atomic E-state index is 12.3. The summed E-state index contributed by atoms with van der Waals surface area (Å²) in [6, 6.07) is 6.43. The first kappa shape index (κ1) is 17.3. The third-order valence-electron chi connectivity index (χ3n) is 4.33. The highest BCUT2D eigenvalue weighted by atomic mass is 16.5. The van der Waals surface area contributed by atoms with E-state index in [2.05, 4.69) is 0 Å². The Morgan fingerprint density at radius 3 is 2.52 bits per heavy atom. The quantitative estimate of drug-likeness (QED) is 0.766. The zero-order chi connectivity index (χ0) is 17.0. The molecule has 1 fully saturated rings. The van der Waals surface area contributed by atoms with E-state index >= 15 is 0 Å². The summed E-state index contributed by atoms with van der Waals surface area (Å²) in [7, 11) is 1.27. The molecular weight excluding hydrogens is 298 g/mol. The number of hydrogen-bond acceptors (Lipinski definition) is 5. The number of likely N-dealkylation sites (tertiary alicyclic amines) is 1. The smallest absolute Gasteiger partial charge is 0.313 e. The summed E-state index contributed by atoms with van der Waals surface area (Å²) in [5, 5.41) is 19.4. The molecule has 1 amide bonds. The van der Waals surface area contributed by atoms with E-state index in [4.69, 9.17) is 4.74 Å². The van der Waals surface area contributed by atoms with Crippen LogP contribution in [0.4, 0.5) is 0 Å². The SMILES string of the molecule is CCC[C@H]1[C@@H](C(=O)OC)[C@@H](O)C(=O)N1CCc1ccc(O)cc1. The van der Waals surface area contributed by atoms with Crippen molar-refractivity contribution in [2.24, 2.45) is 5.92 Å². The van der Waals surface area contributed by atoms with Crippen molar-refractivity contribution in [2.45, 2.75) is 38.3 Å². The second-order valence-electron chi connectivity index (χ2n) is 5.80. The number of methoxy groups -OCH3 is 1. The molecule has 0 saturated carbocycles. The summed E-state index contributed by atoms with van der Waals surface area (Å²) in [6.07, 6.45) is 0.692. The van der Waals surface area contributed by atoms with E-state index in [0.717, 1.165) is 12.0 Å². The summed E-state index contributed by atoms with van der Waals surface area (Å²) >= 11 is 0. The fourth-order valence-electron chi connectivity index (χ4n) is 3.13. The van der Waals surface area contributed by atoms with Crippen LogP contribution in [-0.4, -0.2) is 52.8 Å². The topological polar surface area (TPSA) is 87.1 Å². The number of hydrogen-bond donors (Lipinski definition) is 2. The summed E-state index contributed by atoms with van der Waals surface area (Å²) in [5.74, 6) is -1.60. The van der Waals surface area contributed by atoms with E-state index in [-0.39, 0.29) is 11.8 Å². The Kier molecular flexibility index (Phi) is 5.60. The minimum Gasteiger partial charge on any atom is -0.508 e. The average molecular weight is 321 g/mol. The van der Waals surface area contributed by atoms with E-state index in [1.54, 1.807) is 29.2 Å². The normalized spacial score (nSPS) is 24.0. The van der Waals surface area contributed by atoms with Crippen LogP contribution >= 0.6 is 0 Å². The number of phenols is 1. The van der Waals surface area contributed by atoms with Crippen LogP contribution in [0.3, 0.4) is 0 Å². The number of ether oxygens (including phenoxy) is 1. The molecule has 1 heterocycles. The summed E-state index contributed by atoms with van der Waals surface area (Å²) < 4.78 is 4.75. The fourth-order valence-corrected chi connectivity index (χ4v) is 3.13. The lowest BCUT2D eigenvalue weighted by molar-refractivity contribution is -0.150. The largest absolute Gasteiger partial charge is 0.508 e. The number of aromatic hydroxyl groups is 1. The Balaban J connectivity index is 2.13. The first-order chi connectivity index (χ1) is 11.0. The number of carbonyl (C=O) groups is 2. The molecule has 23 heavy (non-hydrogen) atoms. The molecule has 2 N–H and O–H groups in total. The van der Waals surface area contributed by atoms with Gasteiger partial charge in [-0.05, 0) is 30.5 Å². The van der Waals surface area contributed by atoms with Gasteiger partial charge in [0.05, 0.1) is 7.11 Å². The van der Waals surface area contributed by atoms with Crippen molar-refractivity contribution in [2.75, 3.05) is 13.7 Å². The number of nitrogens with zero attached hydrogens (tertiary/aromatic N) is 1. The summed E-state index contributed by atoms with van der Waals surface area (Å²) in [6.45, 7) is 2.39. The van der Waals surface area contributed by atoms with Crippen LogP contribution in [0.5, 0.6) is 5.75 Å². The zero-order valence-electron chi connectivity index (χ0n) is 13.4. The molecule has 1 aliphatic rings. The Morgan fingerprint density at radius 2 is 1.96 bits per heavy atom. The van der Waals surface area contributed by atoms with Crippen LogP contribution in [0.25, 0.3) is 0 Å². The van der Waals surface area contributed by atoms with E-state index in [0.29, 0.717) is 19.4 Å². The molecule has 2 rings (SSSR count).